The number of terminal acetylenes is 1. The number of aromatic amines is 1. The normalized spacial score (nSPS) is 10.4. The third-order valence-electron chi connectivity index (χ3n) is 4.37. The smallest absolute Gasteiger partial charge is 0.337 e. The molecule has 0 fully saturated rings. The van der Waals surface area contributed by atoms with E-state index in [0.29, 0.717) is 11.1 Å². The van der Waals surface area contributed by atoms with E-state index in [-0.39, 0.29) is 22.7 Å². The van der Waals surface area contributed by atoms with Gasteiger partial charge in [0.25, 0.3) is 5.91 Å². The number of benzene rings is 2. The Morgan fingerprint density at radius 1 is 1.03 bits per heavy atom. The number of pyridine rings is 1. The predicted octanol–water partition coefficient (Wildman–Crippen LogP) is 3.56. The van der Waals surface area contributed by atoms with Gasteiger partial charge in [-0.1, -0.05) is 36.3 Å². The third-order valence-corrected chi connectivity index (χ3v) is 4.37. The van der Waals surface area contributed by atoms with Gasteiger partial charge in [0.05, 0.1) is 16.6 Å². The number of carbonyl (C=O) groups excluding carboxylic acids is 1. The van der Waals surface area contributed by atoms with Crippen LogP contribution in [0.1, 0.15) is 26.4 Å². The summed E-state index contributed by atoms with van der Waals surface area (Å²) in [5.74, 6) is 0.868. The second kappa shape index (κ2) is 7.29. The van der Waals surface area contributed by atoms with E-state index in [0.717, 1.165) is 0 Å². The highest BCUT2D eigenvalue weighted by molar-refractivity contribution is 6.05. The first kappa shape index (κ1) is 17.9. The molecule has 0 saturated heterocycles. The van der Waals surface area contributed by atoms with Crippen LogP contribution >= 0.6 is 0 Å². The van der Waals surface area contributed by atoms with Gasteiger partial charge in [-0.25, -0.2) is 14.8 Å². The standard InChI is InChI=1S/C16H10N4O3.C6H4/c1-2-9-5-4-8-17-12(9)14(21)20-16-18-11-7-3-6-10(15(22)23)13(11)19-16;1-2-6-4-3-5(1)6/h1,3-8H,(H,22,23)(H2,18,19,20,21);1-4H. The molecule has 0 unspecified atom stereocenters. The second-order valence-electron chi connectivity index (χ2n) is 6.17. The zero-order chi connectivity index (χ0) is 20.4. The topological polar surface area (TPSA) is 108 Å². The first-order valence-corrected chi connectivity index (χ1v) is 8.62. The Labute approximate surface area is 165 Å². The summed E-state index contributed by atoms with van der Waals surface area (Å²) in [7, 11) is 0. The molecule has 140 valence electrons. The van der Waals surface area contributed by atoms with E-state index in [1.54, 1.807) is 24.3 Å². The fraction of sp³-hybridized carbons (Fsp3) is 0. The number of nitrogens with one attached hydrogen (secondary N) is 2. The number of hydrogen-bond donors (Lipinski definition) is 3. The maximum Gasteiger partial charge on any atom is 0.337 e. The number of carboxylic acids is 1. The van der Waals surface area contributed by atoms with Crippen LogP contribution in [0.2, 0.25) is 0 Å². The van der Waals surface area contributed by atoms with Crippen LogP contribution in [-0.2, 0) is 0 Å². The van der Waals surface area contributed by atoms with Crippen molar-refractivity contribution in [2.24, 2.45) is 0 Å². The average molecular weight is 382 g/mol. The number of H-pyrrole nitrogens is 1. The number of nitrogens with zero attached hydrogens (tertiary/aromatic N) is 2. The van der Waals surface area contributed by atoms with Gasteiger partial charge in [-0.05, 0) is 35.4 Å². The molecule has 7 heteroatoms. The molecule has 7 nitrogen and oxygen atoms in total. The van der Waals surface area contributed by atoms with Crippen LogP contribution in [0.4, 0.5) is 5.95 Å². The van der Waals surface area contributed by atoms with E-state index in [9.17, 15) is 9.59 Å². The third kappa shape index (κ3) is 3.42. The van der Waals surface area contributed by atoms with Crippen LogP contribution < -0.4 is 5.32 Å². The molecule has 2 aliphatic rings. The van der Waals surface area contributed by atoms with Gasteiger partial charge < -0.3 is 10.1 Å². The van der Waals surface area contributed by atoms with Gasteiger partial charge in [0.15, 0.2) is 0 Å². The van der Waals surface area contributed by atoms with Crippen LogP contribution in [0.15, 0.2) is 60.8 Å². The van der Waals surface area contributed by atoms with E-state index in [1.165, 1.54) is 23.4 Å². The number of imidazole rings is 1. The summed E-state index contributed by atoms with van der Waals surface area (Å²) < 4.78 is 0. The molecule has 0 radical (unpaired) electrons. The number of rotatable bonds is 3. The minimum Gasteiger partial charge on any atom is -0.478 e. The second-order valence-corrected chi connectivity index (χ2v) is 6.17. The van der Waals surface area contributed by atoms with Crippen molar-refractivity contribution in [1.82, 2.24) is 15.0 Å². The van der Waals surface area contributed by atoms with Gasteiger partial charge in [0.2, 0.25) is 5.95 Å². The lowest BCUT2D eigenvalue weighted by atomic mass is 9.95. The molecule has 0 aliphatic heterocycles. The Hall–Kier alpha value is -4.44. The zero-order valence-electron chi connectivity index (χ0n) is 15.0. The van der Waals surface area contributed by atoms with Crippen LogP contribution in [-0.4, -0.2) is 31.9 Å². The van der Waals surface area contributed by atoms with Gasteiger partial charge in [-0.3, -0.25) is 10.1 Å². The van der Waals surface area contributed by atoms with Crippen LogP contribution in [0.25, 0.3) is 22.2 Å². The van der Waals surface area contributed by atoms with E-state index < -0.39 is 11.9 Å². The monoisotopic (exact) mass is 382 g/mol. The summed E-state index contributed by atoms with van der Waals surface area (Å²) in [5.41, 5.74) is 4.10. The van der Waals surface area contributed by atoms with E-state index in [1.807, 2.05) is 0 Å². The van der Waals surface area contributed by atoms with Crippen LogP contribution in [0.5, 0.6) is 0 Å². The lowest BCUT2D eigenvalue weighted by Crippen LogP contribution is -2.16. The molecule has 5 rings (SSSR count). The van der Waals surface area contributed by atoms with E-state index in [2.05, 4.69) is 50.5 Å². The summed E-state index contributed by atoms with van der Waals surface area (Å²) >= 11 is 0. The first-order valence-electron chi connectivity index (χ1n) is 8.62. The lowest BCUT2D eigenvalue weighted by molar-refractivity contribution is 0.0698. The summed E-state index contributed by atoms with van der Waals surface area (Å²) in [6.45, 7) is 0. The minimum atomic E-state index is -1.10. The lowest BCUT2D eigenvalue weighted by Gasteiger charge is -2.10. The molecular weight excluding hydrogens is 368 g/mol. The SMILES string of the molecule is C#Cc1cccnc1C(=O)Nc1nc2c(C(=O)O)cccc2[nH]1.c1cc2ccc1-2. The van der Waals surface area contributed by atoms with Crippen molar-refractivity contribution in [3.8, 4) is 23.5 Å². The van der Waals surface area contributed by atoms with Crippen molar-refractivity contribution in [3.05, 3.63) is 77.6 Å². The number of carboxylic acid groups (broad SMARTS) is 1. The van der Waals surface area contributed by atoms with Crippen LogP contribution in [0.3, 0.4) is 0 Å². The number of aromatic nitrogens is 3. The Balaban J connectivity index is 0.000000286. The van der Waals surface area contributed by atoms with E-state index >= 15 is 0 Å². The Bertz CT molecular complexity index is 1260. The summed E-state index contributed by atoms with van der Waals surface area (Å²) in [4.78, 5) is 34.3. The summed E-state index contributed by atoms with van der Waals surface area (Å²) in [6, 6.07) is 16.4. The fourth-order valence-corrected chi connectivity index (χ4v) is 2.80. The number of amides is 1. The minimum absolute atomic E-state index is 0.0430. The highest BCUT2D eigenvalue weighted by Crippen LogP contribution is 2.29. The van der Waals surface area contributed by atoms with Crippen LogP contribution in [0, 0.1) is 12.3 Å². The molecule has 0 saturated carbocycles. The maximum atomic E-state index is 12.2. The summed E-state index contributed by atoms with van der Waals surface area (Å²) in [5, 5.41) is 11.7. The first-order chi connectivity index (χ1) is 14.1. The van der Waals surface area contributed by atoms with Crippen molar-refractivity contribution in [3.63, 3.8) is 0 Å². The number of hydrogen-bond acceptors (Lipinski definition) is 4. The molecule has 29 heavy (non-hydrogen) atoms. The molecule has 1 amide bonds. The van der Waals surface area contributed by atoms with Gasteiger partial charge in [-0.2, -0.15) is 0 Å². The summed E-state index contributed by atoms with van der Waals surface area (Å²) in [6.07, 6.45) is 6.79. The van der Waals surface area contributed by atoms with E-state index in [4.69, 9.17) is 11.5 Å². The molecule has 0 atom stereocenters. The van der Waals surface area contributed by atoms with Crippen molar-refractivity contribution in [2.45, 2.75) is 0 Å². The van der Waals surface area contributed by atoms with Gasteiger partial charge in [-0.15, -0.1) is 6.42 Å². The Morgan fingerprint density at radius 2 is 1.76 bits per heavy atom. The highest BCUT2D eigenvalue weighted by Gasteiger charge is 2.16. The molecule has 1 aromatic carbocycles. The molecule has 2 aliphatic carbocycles. The molecule has 2 heterocycles. The molecular formula is C22H14N4O3. The quantitative estimate of drug-likeness (QED) is 0.414. The predicted molar refractivity (Wildman–Crippen MR) is 109 cm³/mol. The van der Waals surface area contributed by atoms with Gasteiger partial charge >= 0.3 is 5.97 Å². The van der Waals surface area contributed by atoms with Gasteiger partial charge in [0, 0.05) is 6.20 Å². The molecule has 0 bridgehead atoms. The van der Waals surface area contributed by atoms with Crippen molar-refractivity contribution >= 4 is 28.9 Å². The largest absolute Gasteiger partial charge is 0.478 e. The number of anilines is 1. The molecule has 2 aromatic heterocycles. The number of para-hydroxylation sites is 1. The maximum absolute atomic E-state index is 12.2. The van der Waals surface area contributed by atoms with Crippen molar-refractivity contribution < 1.29 is 14.7 Å². The average Bonchev–Trinajstić information content (AvgIpc) is 3.13. The number of carbonyl (C=O) groups is 2. The Kier molecular flexibility index (Phi) is 4.51. The molecule has 0 spiro atoms. The highest BCUT2D eigenvalue weighted by atomic mass is 16.4. The number of fused-ring (bicyclic) bond motifs is 2. The zero-order valence-corrected chi connectivity index (χ0v) is 15.0. The fourth-order valence-electron chi connectivity index (χ4n) is 2.80. The van der Waals surface area contributed by atoms with Gasteiger partial charge in [0.1, 0.15) is 11.2 Å². The molecule has 3 aromatic rings. The number of aromatic carboxylic acids is 1. The van der Waals surface area contributed by atoms with Crippen molar-refractivity contribution in [1.29, 1.82) is 0 Å². The van der Waals surface area contributed by atoms with Crippen molar-refractivity contribution in [2.75, 3.05) is 5.32 Å². The Morgan fingerprint density at radius 3 is 2.34 bits per heavy atom. The molecule has 3 N–H and O–H groups in total.